The van der Waals surface area contributed by atoms with Gasteiger partial charge >= 0.3 is 0 Å². The molecule has 0 aromatic carbocycles. The van der Waals surface area contributed by atoms with Crippen molar-refractivity contribution >= 4 is 15.6 Å². The van der Waals surface area contributed by atoms with Crippen molar-refractivity contribution in [2.24, 2.45) is 12.8 Å². The zero-order valence-corrected chi connectivity index (χ0v) is 23.7. The van der Waals surface area contributed by atoms with Crippen LogP contribution in [0.5, 0.6) is 0 Å². The van der Waals surface area contributed by atoms with Crippen molar-refractivity contribution in [3.8, 4) is 11.4 Å². The monoisotopic (exact) mass is 582 g/mol. The summed E-state index contributed by atoms with van der Waals surface area (Å²) in [5.41, 5.74) is 9.20. The standard InChI is InChI=1S/C27H35FN10O2S/c1-37-12-8-23(36-37)22-16-32-27(29,14-24(22)34-20-4-2-3-19(13-20)30-11-9-28)25-7-10-31-26(35-25)18-15-33-38(17-18)41(39,40)21-5-6-21/h7-8,10,12,14-17,19-21,30,32,34H,2-6,9,11,13,29H2,1H3. The Morgan fingerprint density at radius 1 is 1.22 bits per heavy atom. The van der Waals surface area contributed by atoms with Gasteiger partial charge in [-0.2, -0.15) is 14.3 Å². The zero-order chi connectivity index (χ0) is 28.6. The number of dihydropyridines is 1. The lowest BCUT2D eigenvalue weighted by Gasteiger charge is -2.36. The number of nitrogens with zero attached hydrogens (tertiary/aromatic N) is 6. The molecule has 2 fully saturated rings. The van der Waals surface area contributed by atoms with E-state index in [4.69, 9.17) is 10.7 Å². The van der Waals surface area contributed by atoms with Gasteiger partial charge in [0.2, 0.25) is 0 Å². The molecule has 218 valence electrons. The topological polar surface area (TPSA) is 158 Å². The quantitative estimate of drug-likeness (QED) is 0.276. The van der Waals surface area contributed by atoms with Gasteiger partial charge in [0.05, 0.1) is 34.6 Å². The molecule has 41 heavy (non-hydrogen) atoms. The molecule has 3 atom stereocenters. The van der Waals surface area contributed by atoms with Crippen LogP contribution in [0.4, 0.5) is 4.39 Å². The van der Waals surface area contributed by atoms with Crippen LogP contribution in [0.25, 0.3) is 17.0 Å². The number of aromatic nitrogens is 6. The lowest BCUT2D eigenvalue weighted by atomic mass is 9.89. The SMILES string of the molecule is Cn1ccc(C2=CNC(N)(c3ccnc(-c4cnn(S(=O)(=O)C5CC5)c4)n3)C=C2NC2CCCC(NCCF)C2)n1. The molecule has 0 bridgehead atoms. The lowest BCUT2D eigenvalue weighted by molar-refractivity contribution is 0.306. The highest BCUT2D eigenvalue weighted by Crippen LogP contribution is 2.32. The van der Waals surface area contributed by atoms with Crippen LogP contribution in [0.15, 0.2) is 54.9 Å². The molecule has 0 spiro atoms. The highest BCUT2D eigenvalue weighted by molar-refractivity contribution is 7.90. The molecule has 5 N–H and O–H groups in total. The highest BCUT2D eigenvalue weighted by Gasteiger charge is 2.38. The molecule has 0 saturated heterocycles. The van der Waals surface area contributed by atoms with Crippen molar-refractivity contribution in [2.75, 3.05) is 13.2 Å². The molecule has 3 aromatic rings. The summed E-state index contributed by atoms with van der Waals surface area (Å²) in [7, 11) is -1.63. The van der Waals surface area contributed by atoms with Crippen LogP contribution >= 0.6 is 0 Å². The smallest absolute Gasteiger partial charge is 0.256 e. The second kappa shape index (κ2) is 11.0. The normalized spacial score (nSPS) is 24.9. The van der Waals surface area contributed by atoms with Crippen LogP contribution in [0.2, 0.25) is 0 Å². The Hall–Kier alpha value is -3.62. The number of hydrogen-bond donors (Lipinski definition) is 4. The molecule has 3 aromatic heterocycles. The second-order valence-electron chi connectivity index (χ2n) is 11.0. The van der Waals surface area contributed by atoms with Gasteiger partial charge in [0.1, 0.15) is 6.67 Å². The number of alkyl halides is 1. The first-order chi connectivity index (χ1) is 19.7. The number of rotatable bonds is 10. The van der Waals surface area contributed by atoms with E-state index >= 15 is 0 Å². The van der Waals surface area contributed by atoms with Crippen molar-refractivity contribution in [1.82, 2.24) is 44.9 Å². The van der Waals surface area contributed by atoms with Gasteiger partial charge in [-0.25, -0.2) is 22.8 Å². The molecule has 3 aliphatic rings. The van der Waals surface area contributed by atoms with E-state index in [0.29, 0.717) is 36.5 Å². The fraction of sp³-hybridized carbons (Fsp3) is 0.481. The van der Waals surface area contributed by atoms with E-state index in [9.17, 15) is 12.8 Å². The first-order valence-corrected chi connectivity index (χ1v) is 15.4. The molecule has 3 unspecified atom stereocenters. The lowest BCUT2D eigenvalue weighted by Crippen LogP contribution is -2.51. The number of nitrogens with one attached hydrogen (secondary N) is 3. The first-order valence-electron chi connectivity index (χ1n) is 13.9. The fourth-order valence-electron chi connectivity index (χ4n) is 5.45. The molecule has 0 amide bonds. The maximum absolute atomic E-state index is 12.8. The predicted molar refractivity (Wildman–Crippen MR) is 152 cm³/mol. The average molecular weight is 583 g/mol. The summed E-state index contributed by atoms with van der Waals surface area (Å²) in [6.07, 6.45) is 15.3. The van der Waals surface area contributed by atoms with Crippen molar-refractivity contribution < 1.29 is 12.8 Å². The van der Waals surface area contributed by atoms with Crippen molar-refractivity contribution in [1.29, 1.82) is 0 Å². The van der Waals surface area contributed by atoms with E-state index in [0.717, 1.165) is 46.7 Å². The molecule has 1 aliphatic heterocycles. The van der Waals surface area contributed by atoms with E-state index in [-0.39, 0.29) is 24.0 Å². The van der Waals surface area contributed by atoms with Gasteiger partial charge in [-0.1, -0.05) is 0 Å². The molecule has 0 radical (unpaired) electrons. The van der Waals surface area contributed by atoms with Gasteiger partial charge in [-0.3, -0.25) is 4.68 Å². The number of allylic oxidation sites excluding steroid dienone is 1. The third-order valence-electron chi connectivity index (χ3n) is 7.77. The summed E-state index contributed by atoms with van der Waals surface area (Å²) in [5.74, 6) is 0.322. The van der Waals surface area contributed by atoms with Gasteiger partial charge < -0.3 is 21.7 Å². The van der Waals surface area contributed by atoms with E-state index in [1.165, 1.54) is 12.4 Å². The van der Waals surface area contributed by atoms with Gasteiger partial charge in [0.15, 0.2) is 11.5 Å². The summed E-state index contributed by atoms with van der Waals surface area (Å²) in [6, 6.07) is 4.09. The predicted octanol–water partition coefficient (Wildman–Crippen LogP) is 1.51. The van der Waals surface area contributed by atoms with Gasteiger partial charge in [0, 0.05) is 55.5 Å². The molecule has 2 aliphatic carbocycles. The summed E-state index contributed by atoms with van der Waals surface area (Å²) >= 11 is 0. The van der Waals surface area contributed by atoms with Crippen LogP contribution < -0.4 is 21.7 Å². The van der Waals surface area contributed by atoms with E-state index in [1.54, 1.807) is 16.9 Å². The number of aryl methyl sites for hydroxylation is 1. The van der Waals surface area contributed by atoms with Crippen LogP contribution in [0.3, 0.4) is 0 Å². The molecular weight excluding hydrogens is 547 g/mol. The van der Waals surface area contributed by atoms with Crippen molar-refractivity contribution in [3.63, 3.8) is 0 Å². The first kappa shape index (κ1) is 27.5. The Balaban J connectivity index is 1.29. The Bertz CT molecular complexity index is 1580. The third kappa shape index (κ3) is 5.76. The molecule has 14 heteroatoms. The minimum atomic E-state index is -3.50. The molecule has 2 saturated carbocycles. The largest absolute Gasteiger partial charge is 0.382 e. The van der Waals surface area contributed by atoms with Crippen LogP contribution in [-0.4, -0.2) is 67.9 Å². The molecular formula is C27H35FN10O2S. The average Bonchev–Trinajstić information content (AvgIpc) is 3.56. The fourth-order valence-corrected chi connectivity index (χ4v) is 6.92. The van der Waals surface area contributed by atoms with Crippen molar-refractivity contribution in [3.05, 3.63) is 66.3 Å². The number of hydrogen-bond acceptors (Lipinski definition) is 10. The summed E-state index contributed by atoms with van der Waals surface area (Å²) in [4.78, 5) is 9.07. The number of nitrogens with two attached hydrogens (primary N) is 1. The number of halogens is 1. The summed E-state index contributed by atoms with van der Waals surface area (Å²) < 4.78 is 40.7. The van der Waals surface area contributed by atoms with Gasteiger partial charge in [-0.05, 0) is 56.7 Å². The highest BCUT2D eigenvalue weighted by atomic mass is 32.2. The van der Waals surface area contributed by atoms with Crippen molar-refractivity contribution in [2.45, 2.75) is 61.5 Å². The minimum Gasteiger partial charge on any atom is -0.382 e. The maximum atomic E-state index is 12.8. The van der Waals surface area contributed by atoms with Crippen LogP contribution in [-0.2, 0) is 22.7 Å². The molecule has 12 nitrogen and oxygen atoms in total. The van der Waals surface area contributed by atoms with Crippen LogP contribution in [0.1, 0.15) is 49.9 Å². The van der Waals surface area contributed by atoms with Gasteiger partial charge in [-0.15, -0.1) is 0 Å². The van der Waals surface area contributed by atoms with E-state index in [1.807, 2.05) is 31.6 Å². The Morgan fingerprint density at radius 3 is 2.80 bits per heavy atom. The van der Waals surface area contributed by atoms with E-state index in [2.05, 4.69) is 31.1 Å². The summed E-state index contributed by atoms with van der Waals surface area (Å²) in [6.45, 7) is -0.0256. The zero-order valence-electron chi connectivity index (χ0n) is 22.9. The van der Waals surface area contributed by atoms with E-state index < -0.39 is 15.7 Å². The summed E-state index contributed by atoms with van der Waals surface area (Å²) in [5, 5.41) is 18.6. The maximum Gasteiger partial charge on any atom is 0.256 e. The third-order valence-corrected chi connectivity index (χ3v) is 9.81. The minimum absolute atomic E-state index is 0.168. The Labute approximate surface area is 238 Å². The molecule has 6 rings (SSSR count). The Morgan fingerprint density at radius 2 is 2.05 bits per heavy atom. The molecule has 4 heterocycles. The van der Waals surface area contributed by atoms with Crippen LogP contribution in [0, 0.1) is 0 Å². The van der Waals surface area contributed by atoms with Gasteiger partial charge in [0.25, 0.3) is 10.0 Å². The Kier molecular flexibility index (Phi) is 7.38. The second-order valence-corrected chi connectivity index (χ2v) is 13.0.